The van der Waals surface area contributed by atoms with Crippen molar-refractivity contribution in [1.82, 2.24) is 0 Å². The summed E-state index contributed by atoms with van der Waals surface area (Å²) in [6.45, 7) is 8.88. The van der Waals surface area contributed by atoms with Gasteiger partial charge >= 0.3 is 15.2 Å². The maximum Gasteiger partial charge on any atom is 0.388 e. The molecule has 0 N–H and O–H groups in total. The third-order valence-electron chi connectivity index (χ3n) is 3.29. The van der Waals surface area contributed by atoms with Crippen LogP contribution in [0.3, 0.4) is 0 Å². The Morgan fingerprint density at radius 1 is 0.852 bits per heavy atom. The molecule has 0 bridgehead atoms. The highest BCUT2D eigenvalue weighted by atomic mass is 31.2. The van der Waals surface area contributed by atoms with Crippen LogP contribution >= 0.6 is 15.2 Å². The summed E-state index contributed by atoms with van der Waals surface area (Å²) in [4.78, 5) is 4.25. The van der Waals surface area contributed by atoms with Crippen molar-refractivity contribution in [2.45, 2.75) is 34.6 Å². The molecule has 7 nitrogen and oxygen atoms in total. The van der Waals surface area contributed by atoms with E-state index < -0.39 is 15.2 Å². The van der Waals surface area contributed by atoms with Gasteiger partial charge in [-0.05, 0) is 45.8 Å². The van der Waals surface area contributed by atoms with Gasteiger partial charge in [0.25, 0.3) is 0 Å². The Morgan fingerprint density at radius 2 is 1.26 bits per heavy atom. The van der Waals surface area contributed by atoms with Crippen LogP contribution in [0.1, 0.15) is 40.2 Å². The van der Waals surface area contributed by atoms with Crippen LogP contribution in [0.2, 0.25) is 0 Å². The SMILES string of the molecule is CCOP(=O)(OCC)C(=N/C=C(\C)c1ccccc1)P(=O)(OCC)OCC. The number of nitrogens with zero attached hydrogens (tertiary/aromatic N) is 1. The molecule has 0 aliphatic carbocycles. The summed E-state index contributed by atoms with van der Waals surface area (Å²) in [5, 5.41) is -0.335. The van der Waals surface area contributed by atoms with Crippen LogP contribution in [0.5, 0.6) is 0 Å². The summed E-state index contributed by atoms with van der Waals surface area (Å²) in [6.07, 6.45) is 1.47. The van der Waals surface area contributed by atoms with Crippen molar-refractivity contribution in [3.05, 3.63) is 42.1 Å². The first-order valence-corrected chi connectivity index (χ1v) is 12.0. The van der Waals surface area contributed by atoms with Crippen LogP contribution in [-0.4, -0.2) is 31.6 Å². The lowest BCUT2D eigenvalue weighted by molar-refractivity contribution is 0.224. The van der Waals surface area contributed by atoms with Crippen molar-refractivity contribution in [3.8, 4) is 0 Å². The minimum absolute atomic E-state index is 0.0932. The second-order valence-electron chi connectivity index (χ2n) is 5.27. The molecule has 0 saturated heterocycles. The van der Waals surface area contributed by atoms with Crippen LogP contribution in [0.25, 0.3) is 5.57 Å². The first-order chi connectivity index (χ1) is 12.9. The third kappa shape index (κ3) is 6.79. The maximum absolute atomic E-state index is 13.3. The summed E-state index contributed by atoms with van der Waals surface area (Å²) >= 11 is 0. The van der Waals surface area contributed by atoms with Gasteiger partial charge in [-0.25, -0.2) is 4.99 Å². The molecule has 9 heteroatoms. The lowest BCUT2D eigenvalue weighted by Crippen LogP contribution is -2.12. The van der Waals surface area contributed by atoms with Gasteiger partial charge in [0.1, 0.15) is 0 Å². The van der Waals surface area contributed by atoms with Gasteiger partial charge in [-0.3, -0.25) is 9.13 Å². The van der Waals surface area contributed by atoms with Crippen molar-refractivity contribution in [3.63, 3.8) is 0 Å². The molecular weight excluding hydrogens is 388 g/mol. The Kier molecular flexibility index (Phi) is 10.4. The molecule has 0 radical (unpaired) electrons. The minimum atomic E-state index is -3.97. The van der Waals surface area contributed by atoms with Crippen molar-refractivity contribution < 1.29 is 27.2 Å². The lowest BCUT2D eigenvalue weighted by atomic mass is 10.1. The van der Waals surface area contributed by atoms with E-state index in [0.717, 1.165) is 11.1 Å². The fourth-order valence-electron chi connectivity index (χ4n) is 2.21. The highest BCUT2D eigenvalue weighted by molar-refractivity contribution is 7.98. The molecule has 27 heavy (non-hydrogen) atoms. The number of allylic oxidation sites excluding steroid dienone is 1. The first kappa shape index (κ1) is 24.0. The molecule has 0 heterocycles. The third-order valence-corrected chi connectivity index (χ3v) is 8.36. The van der Waals surface area contributed by atoms with E-state index in [2.05, 4.69) is 4.99 Å². The first-order valence-electron chi connectivity index (χ1n) is 8.96. The van der Waals surface area contributed by atoms with Gasteiger partial charge in [0.2, 0.25) is 5.19 Å². The summed E-state index contributed by atoms with van der Waals surface area (Å²) in [6, 6.07) is 9.52. The Labute approximate surface area is 161 Å². The highest BCUT2D eigenvalue weighted by Crippen LogP contribution is 2.66. The van der Waals surface area contributed by atoms with Crippen molar-refractivity contribution in [1.29, 1.82) is 0 Å². The Morgan fingerprint density at radius 3 is 1.63 bits per heavy atom. The molecule has 152 valence electrons. The van der Waals surface area contributed by atoms with E-state index in [4.69, 9.17) is 18.1 Å². The molecule has 1 aromatic rings. The zero-order valence-electron chi connectivity index (χ0n) is 16.6. The molecule has 0 fully saturated rings. The second kappa shape index (κ2) is 11.7. The van der Waals surface area contributed by atoms with E-state index in [1.54, 1.807) is 27.7 Å². The number of benzene rings is 1. The van der Waals surface area contributed by atoms with Gasteiger partial charge in [0, 0.05) is 6.20 Å². The molecule has 0 spiro atoms. The second-order valence-corrected chi connectivity index (χ2v) is 9.50. The molecule has 0 atom stereocenters. The van der Waals surface area contributed by atoms with Gasteiger partial charge in [-0.1, -0.05) is 30.3 Å². The van der Waals surface area contributed by atoms with Crippen LogP contribution in [0.15, 0.2) is 41.5 Å². The normalized spacial score (nSPS) is 12.9. The Hall–Kier alpha value is -1.07. The van der Waals surface area contributed by atoms with Crippen molar-refractivity contribution in [2.75, 3.05) is 26.4 Å². The number of hydrogen-bond donors (Lipinski definition) is 0. The quantitative estimate of drug-likeness (QED) is 0.309. The predicted molar refractivity (Wildman–Crippen MR) is 109 cm³/mol. The topological polar surface area (TPSA) is 83.4 Å². The van der Waals surface area contributed by atoms with Gasteiger partial charge in [-0.15, -0.1) is 0 Å². The average Bonchev–Trinajstić information content (AvgIpc) is 2.63. The Bertz CT molecular complexity index is 681. The highest BCUT2D eigenvalue weighted by Gasteiger charge is 2.47. The smallest absolute Gasteiger partial charge is 0.304 e. The van der Waals surface area contributed by atoms with Crippen LogP contribution < -0.4 is 0 Å². The summed E-state index contributed by atoms with van der Waals surface area (Å²) in [5.41, 5.74) is 1.71. The van der Waals surface area contributed by atoms with Crippen LogP contribution in [0, 0.1) is 0 Å². The van der Waals surface area contributed by atoms with Gasteiger partial charge in [0.05, 0.1) is 26.4 Å². The van der Waals surface area contributed by atoms with Gasteiger partial charge in [-0.2, -0.15) is 0 Å². The molecule has 0 aliphatic heterocycles. The number of aliphatic imine (C=N–C) groups is 1. The van der Waals surface area contributed by atoms with E-state index in [-0.39, 0.29) is 31.6 Å². The molecule has 0 aromatic heterocycles. The van der Waals surface area contributed by atoms with Gasteiger partial charge in [0.15, 0.2) is 0 Å². The van der Waals surface area contributed by atoms with E-state index in [0.29, 0.717) is 0 Å². The average molecular weight is 417 g/mol. The summed E-state index contributed by atoms with van der Waals surface area (Å²) in [5.74, 6) is 0. The fourth-order valence-corrected chi connectivity index (χ4v) is 6.47. The monoisotopic (exact) mass is 417 g/mol. The lowest BCUT2D eigenvalue weighted by Gasteiger charge is -2.24. The van der Waals surface area contributed by atoms with E-state index in [9.17, 15) is 9.13 Å². The summed E-state index contributed by atoms with van der Waals surface area (Å²) < 4.78 is 48.0. The number of hydrogen-bond acceptors (Lipinski definition) is 7. The van der Waals surface area contributed by atoms with Crippen molar-refractivity contribution in [2.24, 2.45) is 4.99 Å². The molecule has 0 saturated carbocycles. The minimum Gasteiger partial charge on any atom is -0.304 e. The zero-order valence-corrected chi connectivity index (χ0v) is 18.4. The summed E-state index contributed by atoms with van der Waals surface area (Å²) in [7, 11) is -7.93. The molecule has 1 aromatic carbocycles. The fraction of sp³-hybridized carbons (Fsp3) is 0.500. The predicted octanol–water partition coefficient (Wildman–Crippen LogP) is 5.94. The maximum atomic E-state index is 13.3. The molecular formula is C18H29NO6P2. The zero-order chi connectivity index (χ0) is 20.3. The standard InChI is InChI=1S/C18H29NO6P2/c1-6-22-26(20,23-7-2)18(27(21,24-8-3)25-9-4)19-15-16(5)17-13-11-10-12-14-17/h10-15H,6-9H2,1-5H3/b16-15+. The van der Waals surface area contributed by atoms with Crippen LogP contribution in [-0.2, 0) is 27.2 Å². The van der Waals surface area contributed by atoms with E-state index in [1.165, 1.54) is 6.20 Å². The molecule has 0 unspecified atom stereocenters. The largest absolute Gasteiger partial charge is 0.388 e. The van der Waals surface area contributed by atoms with Crippen LogP contribution in [0.4, 0.5) is 0 Å². The van der Waals surface area contributed by atoms with E-state index in [1.807, 2.05) is 37.3 Å². The molecule has 0 amide bonds. The van der Waals surface area contributed by atoms with Gasteiger partial charge < -0.3 is 18.1 Å². The van der Waals surface area contributed by atoms with E-state index >= 15 is 0 Å². The molecule has 0 aliphatic rings. The van der Waals surface area contributed by atoms with Crippen molar-refractivity contribution >= 4 is 26.0 Å². The Balaban J connectivity index is 3.52. The molecule has 1 rings (SSSR count). The number of rotatable bonds is 12.